The van der Waals surface area contributed by atoms with Gasteiger partial charge in [0.05, 0.1) is 5.56 Å². The molecule has 25 heavy (non-hydrogen) atoms. The lowest BCUT2D eigenvalue weighted by Gasteiger charge is -2.16. The molecule has 126 valence electrons. The van der Waals surface area contributed by atoms with Gasteiger partial charge in [-0.05, 0) is 30.7 Å². The second-order valence-electron chi connectivity index (χ2n) is 6.04. The summed E-state index contributed by atoms with van der Waals surface area (Å²) < 4.78 is 19.2. The van der Waals surface area contributed by atoms with Crippen molar-refractivity contribution in [1.82, 2.24) is 15.0 Å². The first kappa shape index (κ1) is 15.5. The molecule has 1 aromatic heterocycles. The predicted molar refractivity (Wildman–Crippen MR) is 89.4 cm³/mol. The summed E-state index contributed by atoms with van der Waals surface area (Å²) in [5.41, 5.74) is 0.958. The van der Waals surface area contributed by atoms with Crippen LogP contribution < -0.4 is 0 Å². The average Bonchev–Trinajstić information content (AvgIpc) is 3.32. The molecule has 0 spiro atoms. The highest BCUT2D eigenvalue weighted by Gasteiger charge is 2.31. The van der Waals surface area contributed by atoms with Gasteiger partial charge >= 0.3 is 0 Å². The summed E-state index contributed by atoms with van der Waals surface area (Å²) in [6, 6.07) is 15.6. The van der Waals surface area contributed by atoms with E-state index in [1.54, 1.807) is 17.0 Å². The maximum absolute atomic E-state index is 13.8. The molecule has 1 atom stereocenters. The van der Waals surface area contributed by atoms with Crippen molar-refractivity contribution in [3.63, 3.8) is 0 Å². The first-order chi connectivity index (χ1) is 12.2. The maximum atomic E-state index is 13.8. The fourth-order valence-corrected chi connectivity index (χ4v) is 3.06. The molecule has 0 bridgehead atoms. The number of aromatic nitrogens is 2. The van der Waals surface area contributed by atoms with E-state index in [4.69, 9.17) is 4.52 Å². The molecule has 4 rings (SSSR count). The van der Waals surface area contributed by atoms with Crippen molar-refractivity contribution in [2.24, 2.45) is 0 Å². The number of likely N-dealkylation sites (tertiary alicyclic amines) is 1. The quantitative estimate of drug-likeness (QED) is 0.734. The van der Waals surface area contributed by atoms with Crippen molar-refractivity contribution in [1.29, 1.82) is 0 Å². The Morgan fingerprint density at radius 2 is 1.88 bits per heavy atom. The van der Waals surface area contributed by atoms with Crippen molar-refractivity contribution in [3.8, 4) is 11.5 Å². The minimum Gasteiger partial charge on any atom is -0.338 e. The van der Waals surface area contributed by atoms with Crippen LogP contribution in [0.25, 0.3) is 11.5 Å². The highest BCUT2D eigenvalue weighted by Crippen LogP contribution is 2.28. The van der Waals surface area contributed by atoms with Gasteiger partial charge in [0, 0.05) is 24.6 Å². The molecule has 1 aliphatic heterocycles. The summed E-state index contributed by atoms with van der Waals surface area (Å²) in [7, 11) is 0. The highest BCUT2D eigenvalue weighted by atomic mass is 19.1. The summed E-state index contributed by atoms with van der Waals surface area (Å²) in [6.45, 7) is 1.01. The summed E-state index contributed by atoms with van der Waals surface area (Å²) in [6.07, 6.45) is 0.730. The molecule has 2 aromatic carbocycles. The van der Waals surface area contributed by atoms with Crippen LogP contribution in [0, 0.1) is 5.82 Å². The van der Waals surface area contributed by atoms with Gasteiger partial charge < -0.3 is 9.42 Å². The van der Waals surface area contributed by atoms with E-state index >= 15 is 0 Å². The van der Waals surface area contributed by atoms with Crippen molar-refractivity contribution < 1.29 is 13.7 Å². The van der Waals surface area contributed by atoms with Crippen LogP contribution in [0.1, 0.15) is 28.5 Å². The third-order valence-corrected chi connectivity index (χ3v) is 4.41. The summed E-state index contributed by atoms with van der Waals surface area (Å²) in [5, 5.41) is 4.06. The molecule has 1 fully saturated rings. The second kappa shape index (κ2) is 6.47. The predicted octanol–water partition coefficient (Wildman–Crippen LogP) is 3.51. The molecule has 1 saturated heterocycles. The van der Waals surface area contributed by atoms with Crippen molar-refractivity contribution in [2.75, 3.05) is 13.1 Å². The van der Waals surface area contributed by atoms with Gasteiger partial charge in [0.25, 0.3) is 11.8 Å². The smallest absolute Gasteiger partial charge is 0.257 e. The number of carbonyl (C=O) groups excluding carboxylic acids is 1. The molecular formula is C19H16FN3O2. The van der Waals surface area contributed by atoms with Crippen LogP contribution in [-0.2, 0) is 0 Å². The summed E-state index contributed by atoms with van der Waals surface area (Å²) in [5.74, 6) is 0.253. The van der Waals surface area contributed by atoms with E-state index in [1.165, 1.54) is 12.1 Å². The number of hydrogen-bond donors (Lipinski definition) is 0. The Morgan fingerprint density at radius 3 is 2.68 bits per heavy atom. The lowest BCUT2D eigenvalue weighted by molar-refractivity contribution is 0.0785. The van der Waals surface area contributed by atoms with E-state index in [0.717, 1.165) is 12.0 Å². The summed E-state index contributed by atoms with van der Waals surface area (Å²) in [4.78, 5) is 18.6. The van der Waals surface area contributed by atoms with Crippen molar-refractivity contribution in [2.45, 2.75) is 12.3 Å². The van der Waals surface area contributed by atoms with Gasteiger partial charge in [0.2, 0.25) is 0 Å². The number of hydrogen-bond acceptors (Lipinski definition) is 4. The standard InChI is InChI=1S/C19H16FN3O2/c20-16-9-5-4-8-15(16)19(24)23-11-10-14(12-23)17-21-18(25-22-17)13-6-2-1-3-7-13/h1-9,14H,10-12H2/t14-/m1/s1. The van der Waals surface area contributed by atoms with Crippen LogP contribution in [0.5, 0.6) is 0 Å². The number of amides is 1. The van der Waals surface area contributed by atoms with E-state index in [9.17, 15) is 9.18 Å². The van der Waals surface area contributed by atoms with Gasteiger partial charge in [-0.1, -0.05) is 35.5 Å². The van der Waals surface area contributed by atoms with E-state index in [0.29, 0.717) is 24.8 Å². The van der Waals surface area contributed by atoms with E-state index in [1.807, 2.05) is 30.3 Å². The van der Waals surface area contributed by atoms with Crippen LogP contribution in [0.2, 0.25) is 0 Å². The molecule has 0 unspecified atom stereocenters. The Bertz CT molecular complexity index is 894. The van der Waals surface area contributed by atoms with E-state index < -0.39 is 5.82 Å². The Kier molecular flexibility index (Phi) is 4.01. The first-order valence-electron chi connectivity index (χ1n) is 8.15. The molecule has 5 nitrogen and oxygen atoms in total. The highest BCUT2D eigenvalue weighted by molar-refractivity contribution is 5.94. The Morgan fingerprint density at radius 1 is 1.12 bits per heavy atom. The number of carbonyl (C=O) groups is 1. The lowest BCUT2D eigenvalue weighted by Crippen LogP contribution is -2.29. The first-order valence-corrected chi connectivity index (χ1v) is 8.15. The third-order valence-electron chi connectivity index (χ3n) is 4.41. The zero-order valence-corrected chi connectivity index (χ0v) is 13.4. The van der Waals surface area contributed by atoms with E-state index in [-0.39, 0.29) is 17.4 Å². The van der Waals surface area contributed by atoms with Gasteiger partial charge in [0.1, 0.15) is 5.82 Å². The maximum Gasteiger partial charge on any atom is 0.257 e. The Labute approximate surface area is 144 Å². The molecule has 0 radical (unpaired) electrons. The molecule has 2 heterocycles. The zero-order valence-electron chi connectivity index (χ0n) is 13.4. The minimum absolute atomic E-state index is 0.00284. The number of rotatable bonds is 3. The van der Waals surface area contributed by atoms with Gasteiger partial charge in [0.15, 0.2) is 5.82 Å². The summed E-state index contributed by atoms with van der Waals surface area (Å²) >= 11 is 0. The Hall–Kier alpha value is -3.02. The number of benzene rings is 2. The Balaban J connectivity index is 1.49. The van der Waals surface area contributed by atoms with Gasteiger partial charge in [-0.25, -0.2) is 4.39 Å². The van der Waals surface area contributed by atoms with E-state index in [2.05, 4.69) is 10.1 Å². The average molecular weight is 337 g/mol. The fourth-order valence-electron chi connectivity index (χ4n) is 3.06. The van der Waals surface area contributed by atoms with Crippen LogP contribution in [0.15, 0.2) is 59.1 Å². The zero-order chi connectivity index (χ0) is 17.2. The molecule has 0 aliphatic carbocycles. The molecule has 1 amide bonds. The normalized spacial score (nSPS) is 17.0. The van der Waals surface area contributed by atoms with Gasteiger partial charge in [-0.2, -0.15) is 4.98 Å². The van der Waals surface area contributed by atoms with Crippen LogP contribution in [-0.4, -0.2) is 34.0 Å². The monoisotopic (exact) mass is 337 g/mol. The van der Waals surface area contributed by atoms with Crippen molar-refractivity contribution in [3.05, 3.63) is 71.8 Å². The molecule has 1 aliphatic rings. The number of nitrogens with zero attached hydrogens (tertiary/aromatic N) is 3. The number of halogens is 1. The molecule has 6 heteroatoms. The van der Waals surface area contributed by atoms with Gasteiger partial charge in [-0.3, -0.25) is 4.79 Å². The molecule has 0 N–H and O–H groups in total. The van der Waals surface area contributed by atoms with Crippen molar-refractivity contribution >= 4 is 5.91 Å². The van der Waals surface area contributed by atoms with Crippen LogP contribution >= 0.6 is 0 Å². The van der Waals surface area contributed by atoms with Crippen LogP contribution in [0.4, 0.5) is 4.39 Å². The molecule has 3 aromatic rings. The largest absolute Gasteiger partial charge is 0.338 e. The third kappa shape index (κ3) is 3.03. The molecule has 0 saturated carbocycles. The van der Waals surface area contributed by atoms with Gasteiger partial charge in [-0.15, -0.1) is 0 Å². The SMILES string of the molecule is O=C(c1ccccc1F)N1CC[C@@H](c2noc(-c3ccccc3)n2)C1. The lowest BCUT2D eigenvalue weighted by atomic mass is 10.1. The topological polar surface area (TPSA) is 59.2 Å². The fraction of sp³-hybridized carbons (Fsp3) is 0.211. The second-order valence-corrected chi connectivity index (χ2v) is 6.04. The minimum atomic E-state index is -0.498. The molecular weight excluding hydrogens is 321 g/mol. The van der Waals surface area contributed by atoms with Crippen LogP contribution in [0.3, 0.4) is 0 Å².